The quantitative estimate of drug-likeness (QED) is 0.704. The standard InChI is InChI=1S/C13H23NO4/c1-9(2)14-5-4-10(7-14)13-17-8-11(18-13)6-12(15)16-3/h9-11,13H,4-8H2,1-3H3. The Kier molecular flexibility index (Phi) is 4.59. The number of nitrogens with zero attached hydrogens (tertiary/aromatic N) is 1. The predicted octanol–water partition coefficient (Wildman–Crippen LogP) is 1.02. The van der Waals surface area contributed by atoms with Gasteiger partial charge in [-0.1, -0.05) is 0 Å². The van der Waals surface area contributed by atoms with E-state index in [-0.39, 0.29) is 24.8 Å². The van der Waals surface area contributed by atoms with Gasteiger partial charge in [-0.15, -0.1) is 0 Å². The molecular formula is C13H23NO4. The smallest absolute Gasteiger partial charge is 0.308 e. The third-order valence-electron chi connectivity index (χ3n) is 3.77. The zero-order valence-corrected chi connectivity index (χ0v) is 11.4. The van der Waals surface area contributed by atoms with Crippen LogP contribution in [0.3, 0.4) is 0 Å². The van der Waals surface area contributed by atoms with Gasteiger partial charge in [0.15, 0.2) is 6.29 Å². The summed E-state index contributed by atoms with van der Waals surface area (Å²) >= 11 is 0. The Bertz CT molecular complexity index is 295. The first-order chi connectivity index (χ1) is 8.60. The van der Waals surface area contributed by atoms with Gasteiger partial charge in [-0.05, 0) is 26.8 Å². The van der Waals surface area contributed by atoms with E-state index in [4.69, 9.17) is 9.47 Å². The molecule has 2 fully saturated rings. The van der Waals surface area contributed by atoms with E-state index in [1.165, 1.54) is 7.11 Å². The highest BCUT2D eigenvalue weighted by molar-refractivity contribution is 5.69. The fraction of sp³-hybridized carbons (Fsp3) is 0.923. The highest BCUT2D eigenvalue weighted by Gasteiger charge is 2.37. The van der Waals surface area contributed by atoms with Gasteiger partial charge in [0, 0.05) is 18.5 Å². The normalized spacial score (nSPS) is 33.2. The van der Waals surface area contributed by atoms with E-state index in [1.807, 2.05) is 0 Å². The molecule has 2 saturated heterocycles. The van der Waals surface area contributed by atoms with Crippen molar-refractivity contribution in [2.24, 2.45) is 5.92 Å². The Morgan fingerprint density at radius 2 is 2.28 bits per heavy atom. The molecule has 0 aliphatic carbocycles. The summed E-state index contributed by atoms with van der Waals surface area (Å²) in [7, 11) is 1.40. The fourth-order valence-electron chi connectivity index (χ4n) is 2.60. The van der Waals surface area contributed by atoms with Gasteiger partial charge < -0.3 is 19.1 Å². The summed E-state index contributed by atoms with van der Waals surface area (Å²) in [5, 5.41) is 0. The third kappa shape index (κ3) is 3.22. The molecule has 5 nitrogen and oxygen atoms in total. The molecule has 104 valence electrons. The largest absolute Gasteiger partial charge is 0.469 e. The second-order valence-corrected chi connectivity index (χ2v) is 5.38. The third-order valence-corrected chi connectivity index (χ3v) is 3.77. The Morgan fingerprint density at radius 3 is 2.89 bits per heavy atom. The molecule has 3 atom stereocenters. The van der Waals surface area contributed by atoms with Crippen molar-refractivity contribution in [3.8, 4) is 0 Å². The average Bonchev–Trinajstić information content (AvgIpc) is 2.96. The minimum absolute atomic E-state index is 0.143. The van der Waals surface area contributed by atoms with E-state index in [0.717, 1.165) is 19.5 Å². The van der Waals surface area contributed by atoms with Crippen molar-refractivity contribution in [2.45, 2.75) is 45.1 Å². The molecule has 0 aromatic carbocycles. The topological polar surface area (TPSA) is 48.0 Å². The van der Waals surface area contributed by atoms with Crippen molar-refractivity contribution in [3.05, 3.63) is 0 Å². The molecule has 2 aliphatic heterocycles. The summed E-state index contributed by atoms with van der Waals surface area (Å²) in [5.41, 5.74) is 0. The molecule has 0 bridgehead atoms. The van der Waals surface area contributed by atoms with Crippen LogP contribution in [0.15, 0.2) is 0 Å². The number of esters is 1. The Morgan fingerprint density at radius 1 is 1.50 bits per heavy atom. The molecule has 2 aliphatic rings. The molecule has 2 rings (SSSR count). The van der Waals surface area contributed by atoms with Crippen molar-refractivity contribution in [1.82, 2.24) is 4.90 Å². The van der Waals surface area contributed by atoms with Crippen molar-refractivity contribution < 1.29 is 19.0 Å². The van der Waals surface area contributed by atoms with E-state index in [9.17, 15) is 4.79 Å². The maximum Gasteiger partial charge on any atom is 0.308 e. The number of ether oxygens (including phenoxy) is 3. The molecule has 18 heavy (non-hydrogen) atoms. The van der Waals surface area contributed by atoms with E-state index < -0.39 is 0 Å². The molecule has 0 aromatic rings. The Labute approximate surface area is 108 Å². The highest BCUT2D eigenvalue weighted by Crippen LogP contribution is 2.28. The summed E-state index contributed by atoms with van der Waals surface area (Å²) in [6, 6.07) is 0.572. The van der Waals surface area contributed by atoms with Crippen molar-refractivity contribution in [1.29, 1.82) is 0 Å². The SMILES string of the molecule is COC(=O)CC1COC(C2CCN(C(C)C)C2)O1. The maximum absolute atomic E-state index is 11.2. The van der Waals surface area contributed by atoms with Crippen LogP contribution in [0.1, 0.15) is 26.7 Å². The van der Waals surface area contributed by atoms with Crippen LogP contribution in [0.5, 0.6) is 0 Å². The van der Waals surface area contributed by atoms with Crippen molar-refractivity contribution in [2.75, 3.05) is 26.8 Å². The first-order valence-electron chi connectivity index (χ1n) is 6.68. The van der Waals surface area contributed by atoms with Crippen molar-refractivity contribution >= 4 is 5.97 Å². The van der Waals surface area contributed by atoms with Crippen LogP contribution < -0.4 is 0 Å². The zero-order valence-electron chi connectivity index (χ0n) is 11.4. The second kappa shape index (κ2) is 5.99. The van der Waals surface area contributed by atoms with Gasteiger partial charge in [-0.25, -0.2) is 0 Å². The molecule has 0 saturated carbocycles. The monoisotopic (exact) mass is 257 g/mol. The van der Waals surface area contributed by atoms with Gasteiger partial charge in [0.1, 0.15) is 0 Å². The lowest BCUT2D eigenvalue weighted by Gasteiger charge is -2.22. The van der Waals surface area contributed by atoms with Crippen LogP contribution in [0, 0.1) is 5.92 Å². The highest BCUT2D eigenvalue weighted by atomic mass is 16.7. The number of methoxy groups -OCH3 is 1. The van der Waals surface area contributed by atoms with E-state index in [2.05, 4.69) is 23.5 Å². The van der Waals surface area contributed by atoms with E-state index >= 15 is 0 Å². The van der Waals surface area contributed by atoms with Gasteiger partial charge in [0.25, 0.3) is 0 Å². The number of likely N-dealkylation sites (tertiary alicyclic amines) is 1. The summed E-state index contributed by atoms with van der Waals surface area (Å²) < 4.78 is 16.1. The fourth-order valence-corrected chi connectivity index (χ4v) is 2.60. The lowest BCUT2D eigenvalue weighted by molar-refractivity contribution is -0.144. The van der Waals surface area contributed by atoms with Gasteiger partial charge >= 0.3 is 5.97 Å². The molecule has 5 heteroatoms. The summed E-state index contributed by atoms with van der Waals surface area (Å²) in [6.07, 6.45) is 1.10. The first-order valence-corrected chi connectivity index (χ1v) is 6.68. The van der Waals surface area contributed by atoms with E-state index in [0.29, 0.717) is 18.6 Å². The molecule has 0 N–H and O–H groups in total. The van der Waals surface area contributed by atoms with Crippen LogP contribution in [0.25, 0.3) is 0 Å². The molecule has 0 radical (unpaired) electrons. The lowest BCUT2D eigenvalue weighted by Crippen LogP contribution is -2.31. The van der Waals surface area contributed by atoms with Crippen LogP contribution in [0.2, 0.25) is 0 Å². The zero-order chi connectivity index (χ0) is 13.1. The molecule has 3 unspecified atom stereocenters. The van der Waals surface area contributed by atoms with Crippen LogP contribution in [0.4, 0.5) is 0 Å². The number of carbonyl (C=O) groups excluding carboxylic acids is 1. The lowest BCUT2D eigenvalue weighted by atomic mass is 10.1. The van der Waals surface area contributed by atoms with Gasteiger partial charge in [-0.2, -0.15) is 0 Å². The van der Waals surface area contributed by atoms with Crippen LogP contribution in [-0.4, -0.2) is 56.1 Å². The molecule has 0 aromatic heterocycles. The second-order valence-electron chi connectivity index (χ2n) is 5.38. The number of rotatable bonds is 4. The predicted molar refractivity (Wildman–Crippen MR) is 66.1 cm³/mol. The van der Waals surface area contributed by atoms with Crippen LogP contribution in [-0.2, 0) is 19.0 Å². The average molecular weight is 257 g/mol. The van der Waals surface area contributed by atoms with Gasteiger partial charge in [-0.3, -0.25) is 4.79 Å². The van der Waals surface area contributed by atoms with Crippen molar-refractivity contribution in [3.63, 3.8) is 0 Å². The summed E-state index contributed by atoms with van der Waals surface area (Å²) in [4.78, 5) is 13.6. The Hall–Kier alpha value is -0.650. The van der Waals surface area contributed by atoms with Gasteiger partial charge in [0.05, 0.1) is 26.2 Å². The minimum Gasteiger partial charge on any atom is -0.469 e. The molecule has 2 heterocycles. The number of hydrogen-bond donors (Lipinski definition) is 0. The molecule has 0 amide bonds. The maximum atomic E-state index is 11.2. The van der Waals surface area contributed by atoms with Crippen LogP contribution >= 0.6 is 0 Å². The summed E-state index contributed by atoms with van der Waals surface area (Å²) in [6.45, 7) is 7.04. The number of carbonyl (C=O) groups is 1. The minimum atomic E-state index is -0.237. The molecular weight excluding hydrogens is 234 g/mol. The Balaban J connectivity index is 1.77. The van der Waals surface area contributed by atoms with E-state index in [1.54, 1.807) is 0 Å². The first kappa shape index (κ1) is 13.8. The summed E-state index contributed by atoms with van der Waals surface area (Å²) in [5.74, 6) is 0.189. The van der Waals surface area contributed by atoms with Gasteiger partial charge in [0.2, 0.25) is 0 Å². The number of hydrogen-bond acceptors (Lipinski definition) is 5. The molecule has 0 spiro atoms.